The fraction of sp³-hybridized carbons (Fsp3) is 0.227. The lowest BCUT2D eigenvalue weighted by Gasteiger charge is -2.24. The number of fused-ring (bicyclic) bond motifs is 1. The Labute approximate surface area is 148 Å². The Morgan fingerprint density at radius 3 is 2.60 bits per heavy atom. The third kappa shape index (κ3) is 2.66. The Morgan fingerprint density at radius 2 is 1.84 bits per heavy atom. The number of hydrogen-bond donors (Lipinski definition) is 0. The van der Waals surface area contributed by atoms with Crippen LogP contribution in [0.1, 0.15) is 13.3 Å². The van der Waals surface area contributed by atoms with Gasteiger partial charge in [-0.15, -0.1) is 0 Å². The van der Waals surface area contributed by atoms with E-state index in [0.29, 0.717) is 5.92 Å². The number of rotatable bonds is 5. The first-order valence-electron chi connectivity index (χ1n) is 8.56. The van der Waals surface area contributed by atoms with Gasteiger partial charge < -0.3 is 9.64 Å². The summed E-state index contributed by atoms with van der Waals surface area (Å²) in [4.78, 5) is 13.6. The molecular formula is C22H21NO2. The molecule has 0 N–H and O–H groups in total. The molecule has 0 aromatic heterocycles. The minimum Gasteiger partial charge on any atom is -0.482 e. The van der Waals surface area contributed by atoms with Gasteiger partial charge >= 0.3 is 0 Å². The first-order chi connectivity index (χ1) is 12.1. The predicted molar refractivity (Wildman–Crippen MR) is 100 cm³/mol. The van der Waals surface area contributed by atoms with Gasteiger partial charge in [-0.05, 0) is 31.2 Å². The van der Waals surface area contributed by atoms with Gasteiger partial charge in [-0.25, -0.2) is 0 Å². The molecule has 0 amide bonds. The summed E-state index contributed by atoms with van der Waals surface area (Å²) in [5.41, 5.74) is 3.72. The van der Waals surface area contributed by atoms with Crippen LogP contribution < -0.4 is 9.64 Å². The van der Waals surface area contributed by atoms with Crippen molar-refractivity contribution in [2.75, 3.05) is 11.9 Å². The molecule has 4 rings (SSSR count). The van der Waals surface area contributed by atoms with Crippen molar-refractivity contribution >= 4 is 17.7 Å². The third-order valence-corrected chi connectivity index (χ3v) is 5.25. The highest BCUT2D eigenvalue weighted by molar-refractivity contribution is 5.81. The zero-order chi connectivity index (χ0) is 17.4. The summed E-state index contributed by atoms with van der Waals surface area (Å²) >= 11 is 0. The summed E-state index contributed by atoms with van der Waals surface area (Å²) < 4.78 is 6.35. The van der Waals surface area contributed by atoms with Gasteiger partial charge in [0.2, 0.25) is 0 Å². The van der Waals surface area contributed by atoms with Crippen LogP contribution in [0.3, 0.4) is 0 Å². The van der Waals surface area contributed by atoms with Crippen LogP contribution in [0.2, 0.25) is 0 Å². The Balaban J connectivity index is 1.60. The molecule has 0 heterocycles. The number of carbonyl (C=O) groups excluding carboxylic acids is 1. The largest absolute Gasteiger partial charge is 0.482 e. The van der Waals surface area contributed by atoms with Crippen LogP contribution in [-0.4, -0.2) is 18.9 Å². The monoisotopic (exact) mass is 331 g/mol. The number of nitrogens with zero attached hydrogens (tertiary/aromatic N) is 1. The van der Waals surface area contributed by atoms with Crippen LogP contribution in [-0.2, 0) is 4.79 Å². The average Bonchev–Trinajstić information content (AvgIpc) is 3.38. The second-order valence-corrected chi connectivity index (χ2v) is 6.79. The Kier molecular flexibility index (Phi) is 3.72. The molecule has 0 saturated heterocycles. The first kappa shape index (κ1) is 15.7. The smallest absolute Gasteiger partial charge is 0.150 e. The molecule has 25 heavy (non-hydrogen) atoms. The SMILES string of the molecule is CC1=CC=C(C=O)C2(Oc3cccc(N(C)c4ccccc4)c3)CC12. The maximum absolute atomic E-state index is 11.5. The maximum atomic E-state index is 11.5. The number of hydrogen-bond acceptors (Lipinski definition) is 3. The lowest BCUT2D eigenvalue weighted by atomic mass is 9.97. The maximum Gasteiger partial charge on any atom is 0.150 e. The quantitative estimate of drug-likeness (QED) is 0.745. The molecular weight excluding hydrogens is 310 g/mol. The lowest BCUT2D eigenvalue weighted by Crippen LogP contribution is -2.27. The van der Waals surface area contributed by atoms with Crippen molar-refractivity contribution in [3.05, 3.63) is 77.9 Å². The van der Waals surface area contributed by atoms with E-state index in [4.69, 9.17) is 4.74 Å². The molecule has 0 bridgehead atoms. The van der Waals surface area contributed by atoms with Gasteiger partial charge in [0.25, 0.3) is 0 Å². The third-order valence-electron chi connectivity index (χ3n) is 5.25. The van der Waals surface area contributed by atoms with Crippen LogP contribution in [0.4, 0.5) is 11.4 Å². The Morgan fingerprint density at radius 1 is 1.08 bits per heavy atom. The molecule has 2 aromatic rings. The van der Waals surface area contributed by atoms with Crippen molar-refractivity contribution in [1.82, 2.24) is 0 Å². The van der Waals surface area contributed by atoms with Gasteiger partial charge in [-0.1, -0.05) is 42.0 Å². The van der Waals surface area contributed by atoms with Crippen LogP contribution in [0.25, 0.3) is 0 Å². The van der Waals surface area contributed by atoms with Crippen molar-refractivity contribution in [2.24, 2.45) is 5.92 Å². The molecule has 2 aromatic carbocycles. The van der Waals surface area contributed by atoms with E-state index in [1.54, 1.807) is 0 Å². The van der Waals surface area contributed by atoms with Gasteiger partial charge in [0.1, 0.15) is 17.6 Å². The van der Waals surface area contributed by atoms with Gasteiger partial charge in [0.15, 0.2) is 0 Å². The summed E-state index contributed by atoms with van der Waals surface area (Å²) in [5, 5.41) is 0. The Hall–Kier alpha value is -2.81. The van der Waals surface area contributed by atoms with Crippen molar-refractivity contribution in [3.63, 3.8) is 0 Å². The molecule has 0 radical (unpaired) electrons. The van der Waals surface area contributed by atoms with E-state index < -0.39 is 5.60 Å². The van der Waals surface area contributed by atoms with E-state index in [1.165, 1.54) is 5.57 Å². The highest BCUT2D eigenvalue weighted by Crippen LogP contribution is 2.57. The molecule has 126 valence electrons. The second-order valence-electron chi connectivity index (χ2n) is 6.79. The van der Waals surface area contributed by atoms with E-state index in [9.17, 15) is 4.79 Å². The summed E-state index contributed by atoms with van der Waals surface area (Å²) in [6, 6.07) is 18.3. The molecule has 3 heteroatoms. The molecule has 3 nitrogen and oxygen atoms in total. The normalized spacial score (nSPS) is 23.8. The Bertz CT molecular complexity index is 869. The summed E-state index contributed by atoms with van der Waals surface area (Å²) in [5.74, 6) is 1.11. The number of ether oxygens (including phenoxy) is 1. The van der Waals surface area contributed by atoms with Crippen molar-refractivity contribution < 1.29 is 9.53 Å². The van der Waals surface area contributed by atoms with Gasteiger partial charge in [0.05, 0.1) is 0 Å². The fourth-order valence-corrected chi connectivity index (χ4v) is 3.65. The zero-order valence-corrected chi connectivity index (χ0v) is 14.5. The van der Waals surface area contributed by atoms with E-state index in [-0.39, 0.29) is 0 Å². The van der Waals surface area contributed by atoms with Crippen LogP contribution >= 0.6 is 0 Å². The average molecular weight is 331 g/mol. The van der Waals surface area contributed by atoms with Gasteiger partial charge in [-0.3, -0.25) is 4.79 Å². The van der Waals surface area contributed by atoms with E-state index in [0.717, 1.165) is 35.4 Å². The molecule has 1 saturated carbocycles. The van der Waals surface area contributed by atoms with E-state index in [2.05, 4.69) is 30.0 Å². The van der Waals surface area contributed by atoms with Crippen molar-refractivity contribution in [1.29, 1.82) is 0 Å². The number of para-hydroxylation sites is 1. The molecule has 2 aliphatic carbocycles. The molecule has 2 aliphatic rings. The predicted octanol–water partition coefficient (Wildman–Crippen LogP) is 4.68. The van der Waals surface area contributed by atoms with Crippen molar-refractivity contribution in [3.8, 4) is 5.75 Å². The van der Waals surface area contributed by atoms with Crippen LogP contribution in [0, 0.1) is 5.92 Å². The van der Waals surface area contributed by atoms with E-state index in [1.807, 2.05) is 55.6 Å². The fourth-order valence-electron chi connectivity index (χ4n) is 3.65. The first-order valence-corrected chi connectivity index (χ1v) is 8.56. The lowest BCUT2D eigenvalue weighted by molar-refractivity contribution is -0.105. The van der Waals surface area contributed by atoms with Gasteiger partial charge in [0, 0.05) is 42.4 Å². The number of aldehydes is 1. The summed E-state index contributed by atoms with van der Waals surface area (Å²) in [6.07, 6.45) is 5.73. The topological polar surface area (TPSA) is 29.5 Å². The minimum atomic E-state index is -0.468. The highest BCUT2D eigenvalue weighted by atomic mass is 16.5. The number of allylic oxidation sites excluding steroid dienone is 2. The summed E-state index contributed by atoms with van der Waals surface area (Å²) in [6.45, 7) is 2.10. The number of carbonyl (C=O) groups is 1. The molecule has 2 atom stereocenters. The van der Waals surface area contributed by atoms with E-state index >= 15 is 0 Å². The number of benzene rings is 2. The van der Waals surface area contributed by atoms with Gasteiger partial charge in [-0.2, -0.15) is 0 Å². The zero-order valence-electron chi connectivity index (χ0n) is 14.5. The minimum absolute atomic E-state index is 0.313. The number of anilines is 2. The molecule has 0 spiro atoms. The highest BCUT2D eigenvalue weighted by Gasteiger charge is 2.61. The van der Waals surface area contributed by atoms with Crippen LogP contribution in [0.15, 0.2) is 77.9 Å². The standard InChI is InChI=1S/C22H21NO2/c1-16-11-12-17(15-24)22(14-21(16)22)25-20-10-6-9-19(13-20)23(2)18-7-4-3-5-8-18/h3-13,15,21H,14H2,1-2H3. The van der Waals surface area contributed by atoms with Crippen LogP contribution in [0.5, 0.6) is 5.75 Å². The molecule has 1 fully saturated rings. The van der Waals surface area contributed by atoms with Crippen molar-refractivity contribution in [2.45, 2.75) is 18.9 Å². The second kappa shape index (κ2) is 5.92. The molecule has 0 aliphatic heterocycles. The summed E-state index contributed by atoms with van der Waals surface area (Å²) in [7, 11) is 2.04. The molecule has 2 unspecified atom stereocenters.